The van der Waals surface area contributed by atoms with Gasteiger partial charge in [0.2, 0.25) is 5.89 Å². The van der Waals surface area contributed by atoms with E-state index in [9.17, 15) is 9.59 Å². The van der Waals surface area contributed by atoms with Crippen molar-refractivity contribution in [3.63, 3.8) is 0 Å². The van der Waals surface area contributed by atoms with Crippen LogP contribution in [0.3, 0.4) is 0 Å². The number of benzene rings is 1. The van der Waals surface area contributed by atoms with Gasteiger partial charge in [0.15, 0.2) is 0 Å². The van der Waals surface area contributed by atoms with E-state index in [1.807, 2.05) is 26.0 Å². The summed E-state index contributed by atoms with van der Waals surface area (Å²) in [7, 11) is 0. The molecule has 0 bridgehead atoms. The van der Waals surface area contributed by atoms with Gasteiger partial charge in [-0.1, -0.05) is 6.07 Å². The number of hydrogen-bond acceptors (Lipinski definition) is 4. The van der Waals surface area contributed by atoms with E-state index in [0.29, 0.717) is 18.0 Å². The molecule has 0 radical (unpaired) electrons. The van der Waals surface area contributed by atoms with Crippen molar-refractivity contribution < 1.29 is 19.1 Å². The van der Waals surface area contributed by atoms with Gasteiger partial charge in [0.1, 0.15) is 6.26 Å². The second-order valence-electron chi connectivity index (χ2n) is 6.68. The minimum absolute atomic E-state index is 0.00862. The summed E-state index contributed by atoms with van der Waals surface area (Å²) in [5, 5.41) is 14.4. The summed E-state index contributed by atoms with van der Waals surface area (Å²) in [4.78, 5) is 27.2. The Morgan fingerprint density at radius 3 is 2.60 bits per heavy atom. The predicted octanol–water partition coefficient (Wildman–Crippen LogP) is 3.72. The lowest BCUT2D eigenvalue weighted by Crippen LogP contribution is -2.45. The number of urea groups is 1. The summed E-state index contributed by atoms with van der Waals surface area (Å²) in [5.41, 5.74) is 2.45. The smallest absolute Gasteiger partial charge is 0.319 e. The molecule has 7 nitrogen and oxygen atoms in total. The van der Waals surface area contributed by atoms with Crippen LogP contribution >= 0.6 is 0 Å². The minimum atomic E-state index is -0.889. The zero-order valence-electron chi connectivity index (χ0n) is 14.8. The minimum Gasteiger partial charge on any atom is -0.481 e. The zero-order chi connectivity index (χ0) is 18.6. The maximum atomic E-state index is 12.3. The van der Waals surface area contributed by atoms with Crippen LogP contribution in [0.5, 0.6) is 0 Å². The van der Waals surface area contributed by atoms with Crippen LogP contribution in [0.2, 0.25) is 0 Å². The van der Waals surface area contributed by atoms with Gasteiger partial charge in [-0.05, 0) is 51.8 Å². The third-order valence-electron chi connectivity index (χ3n) is 3.77. The number of aromatic nitrogens is 1. The van der Waals surface area contributed by atoms with Crippen LogP contribution < -0.4 is 10.6 Å². The van der Waals surface area contributed by atoms with Gasteiger partial charge in [0.25, 0.3) is 0 Å². The van der Waals surface area contributed by atoms with Crippen LogP contribution in [0, 0.1) is 13.8 Å². The van der Waals surface area contributed by atoms with E-state index in [1.54, 1.807) is 26.2 Å². The molecule has 2 aromatic rings. The fraction of sp³-hybridized carbons (Fsp3) is 0.389. The molecule has 7 heteroatoms. The third-order valence-corrected chi connectivity index (χ3v) is 3.77. The largest absolute Gasteiger partial charge is 0.481 e. The standard InChI is InChI=1S/C18H23N3O4/c1-11-5-6-13(16-19-12(2)10-25-16)9-14(11)20-17(24)21-18(3,4)8-7-15(22)23/h5-6,9-10H,7-8H2,1-4H3,(H,22,23)(H2,20,21,24). The van der Waals surface area contributed by atoms with Crippen molar-refractivity contribution in [3.8, 4) is 11.5 Å². The number of carboxylic acid groups (broad SMARTS) is 1. The number of carboxylic acids is 1. The van der Waals surface area contributed by atoms with Crippen molar-refractivity contribution in [1.29, 1.82) is 0 Å². The molecule has 134 valence electrons. The Hall–Kier alpha value is -2.83. The molecule has 2 amide bonds. The zero-order valence-corrected chi connectivity index (χ0v) is 14.8. The molecule has 0 atom stereocenters. The van der Waals surface area contributed by atoms with Crippen molar-refractivity contribution >= 4 is 17.7 Å². The molecule has 1 aromatic heterocycles. The van der Waals surface area contributed by atoms with Gasteiger partial charge in [-0.25, -0.2) is 9.78 Å². The molecule has 0 aliphatic rings. The van der Waals surface area contributed by atoms with Crippen molar-refractivity contribution in [1.82, 2.24) is 10.3 Å². The van der Waals surface area contributed by atoms with Gasteiger partial charge in [0, 0.05) is 23.2 Å². The number of oxazole rings is 1. The van der Waals surface area contributed by atoms with Crippen LogP contribution in [-0.4, -0.2) is 27.6 Å². The molecule has 0 aliphatic carbocycles. The lowest BCUT2D eigenvalue weighted by Gasteiger charge is -2.26. The topological polar surface area (TPSA) is 104 Å². The van der Waals surface area contributed by atoms with Crippen molar-refractivity contribution in [3.05, 3.63) is 35.7 Å². The highest BCUT2D eigenvalue weighted by Gasteiger charge is 2.22. The van der Waals surface area contributed by atoms with Crippen LogP contribution in [0.1, 0.15) is 37.9 Å². The molecular weight excluding hydrogens is 322 g/mol. The van der Waals surface area contributed by atoms with Crippen LogP contribution in [0.15, 0.2) is 28.9 Å². The average molecular weight is 345 g/mol. The maximum Gasteiger partial charge on any atom is 0.319 e. The van der Waals surface area contributed by atoms with E-state index >= 15 is 0 Å². The summed E-state index contributed by atoms with van der Waals surface area (Å²) in [5.74, 6) is -0.400. The number of anilines is 1. The lowest BCUT2D eigenvalue weighted by molar-refractivity contribution is -0.137. The number of nitrogens with zero attached hydrogens (tertiary/aromatic N) is 1. The Balaban J connectivity index is 2.08. The predicted molar refractivity (Wildman–Crippen MR) is 94.5 cm³/mol. The van der Waals surface area contributed by atoms with Gasteiger partial charge < -0.3 is 20.2 Å². The fourth-order valence-corrected chi connectivity index (χ4v) is 2.32. The molecule has 1 heterocycles. The summed E-state index contributed by atoms with van der Waals surface area (Å²) >= 11 is 0. The van der Waals surface area contributed by atoms with Crippen LogP contribution in [0.25, 0.3) is 11.5 Å². The van der Waals surface area contributed by atoms with Gasteiger partial charge in [-0.2, -0.15) is 0 Å². The number of nitrogens with one attached hydrogen (secondary N) is 2. The van der Waals surface area contributed by atoms with E-state index < -0.39 is 11.5 Å². The molecule has 0 unspecified atom stereocenters. The summed E-state index contributed by atoms with van der Waals surface area (Å²) < 4.78 is 5.39. The first kappa shape index (κ1) is 18.5. The summed E-state index contributed by atoms with van der Waals surface area (Å²) in [6.07, 6.45) is 1.90. The Labute approximate surface area is 146 Å². The first-order valence-electron chi connectivity index (χ1n) is 8.00. The molecule has 0 fully saturated rings. The molecule has 0 aliphatic heterocycles. The number of amides is 2. The highest BCUT2D eigenvalue weighted by Crippen LogP contribution is 2.25. The van der Waals surface area contributed by atoms with Gasteiger partial charge in [-0.15, -0.1) is 0 Å². The van der Waals surface area contributed by atoms with E-state index in [1.165, 1.54) is 0 Å². The Bertz CT molecular complexity index is 780. The normalized spacial score (nSPS) is 11.2. The molecule has 1 aromatic carbocycles. The third kappa shape index (κ3) is 5.34. The molecular formula is C18H23N3O4. The van der Waals surface area contributed by atoms with Crippen molar-refractivity contribution in [2.75, 3.05) is 5.32 Å². The Kier molecular flexibility index (Phi) is 5.46. The Morgan fingerprint density at radius 1 is 1.28 bits per heavy atom. The average Bonchev–Trinajstić information content (AvgIpc) is 2.93. The summed E-state index contributed by atoms with van der Waals surface area (Å²) in [6.45, 7) is 7.30. The molecule has 0 saturated heterocycles. The summed E-state index contributed by atoms with van der Waals surface area (Å²) in [6, 6.07) is 5.16. The second kappa shape index (κ2) is 7.38. The molecule has 25 heavy (non-hydrogen) atoms. The van der Waals surface area contributed by atoms with Crippen LogP contribution in [0.4, 0.5) is 10.5 Å². The number of rotatable bonds is 6. The highest BCUT2D eigenvalue weighted by atomic mass is 16.4. The SMILES string of the molecule is Cc1coc(-c2ccc(C)c(NC(=O)NC(C)(C)CCC(=O)O)c2)n1. The van der Waals surface area contributed by atoms with E-state index in [4.69, 9.17) is 9.52 Å². The van der Waals surface area contributed by atoms with Gasteiger partial charge in [0.05, 0.1) is 5.69 Å². The molecule has 3 N–H and O–H groups in total. The second-order valence-corrected chi connectivity index (χ2v) is 6.68. The lowest BCUT2D eigenvalue weighted by atomic mass is 9.99. The monoisotopic (exact) mass is 345 g/mol. The van der Waals surface area contributed by atoms with E-state index in [-0.39, 0.29) is 12.5 Å². The number of carbonyl (C=O) groups is 2. The Morgan fingerprint density at radius 2 is 2.00 bits per heavy atom. The van der Waals surface area contributed by atoms with Gasteiger partial charge >= 0.3 is 12.0 Å². The number of hydrogen-bond donors (Lipinski definition) is 3. The molecule has 0 saturated carbocycles. The number of carbonyl (C=O) groups excluding carboxylic acids is 1. The molecule has 0 spiro atoms. The first-order valence-corrected chi connectivity index (χ1v) is 8.00. The van der Waals surface area contributed by atoms with E-state index in [0.717, 1.165) is 16.8 Å². The highest BCUT2D eigenvalue weighted by molar-refractivity contribution is 5.91. The fourth-order valence-electron chi connectivity index (χ4n) is 2.32. The van der Waals surface area contributed by atoms with Crippen molar-refractivity contribution in [2.24, 2.45) is 0 Å². The van der Waals surface area contributed by atoms with Crippen LogP contribution in [-0.2, 0) is 4.79 Å². The molecule has 2 rings (SSSR count). The van der Waals surface area contributed by atoms with Crippen molar-refractivity contribution in [2.45, 2.75) is 46.1 Å². The first-order chi connectivity index (χ1) is 11.7. The maximum absolute atomic E-state index is 12.3. The quantitative estimate of drug-likeness (QED) is 0.740. The van der Waals surface area contributed by atoms with E-state index in [2.05, 4.69) is 15.6 Å². The number of aryl methyl sites for hydroxylation is 2. The number of aliphatic carboxylic acids is 1. The van der Waals surface area contributed by atoms with Gasteiger partial charge in [-0.3, -0.25) is 4.79 Å².